The molecule has 0 bridgehead atoms. The molecule has 0 aromatic heterocycles. The van der Waals surface area contributed by atoms with Crippen molar-refractivity contribution in [1.29, 1.82) is 0 Å². The number of hydrogen-bond acceptors (Lipinski definition) is 2. The van der Waals surface area contributed by atoms with Gasteiger partial charge in [0.05, 0.1) is 6.54 Å². The van der Waals surface area contributed by atoms with Crippen molar-refractivity contribution in [1.82, 2.24) is 5.32 Å². The summed E-state index contributed by atoms with van der Waals surface area (Å²) in [6, 6.07) is 16.7. The van der Waals surface area contributed by atoms with E-state index in [1.165, 1.54) is 5.56 Å². The zero-order valence-electron chi connectivity index (χ0n) is 14.2. The van der Waals surface area contributed by atoms with E-state index in [2.05, 4.69) is 55.7 Å². The molecule has 1 atom stereocenters. The van der Waals surface area contributed by atoms with Gasteiger partial charge in [-0.05, 0) is 50.3 Å². The molecule has 0 fully saturated rings. The van der Waals surface area contributed by atoms with Crippen molar-refractivity contribution in [2.75, 3.05) is 11.9 Å². The van der Waals surface area contributed by atoms with Crippen LogP contribution in [0.4, 0.5) is 5.69 Å². The summed E-state index contributed by atoms with van der Waals surface area (Å²) in [6.07, 6.45) is 1.92. The number of hydrogen-bond donors (Lipinski definition) is 2. The van der Waals surface area contributed by atoms with Gasteiger partial charge in [0.2, 0.25) is 5.91 Å². The van der Waals surface area contributed by atoms with Crippen molar-refractivity contribution in [2.24, 2.45) is 0 Å². The Morgan fingerprint density at radius 2 is 1.65 bits per heavy atom. The molecule has 0 aliphatic carbocycles. The number of amides is 1. The number of rotatable bonds is 7. The minimum absolute atomic E-state index is 0.0354. The van der Waals surface area contributed by atoms with Crippen LogP contribution in [0.3, 0.4) is 0 Å². The normalized spacial score (nSPS) is 11.8. The Morgan fingerprint density at radius 1 is 1.00 bits per heavy atom. The first-order valence-corrected chi connectivity index (χ1v) is 8.19. The van der Waals surface area contributed by atoms with E-state index in [1.54, 1.807) is 0 Å². The molecule has 122 valence electrons. The van der Waals surface area contributed by atoms with Crippen LogP contribution >= 0.6 is 0 Å². The van der Waals surface area contributed by atoms with Crippen LogP contribution in [0.2, 0.25) is 0 Å². The lowest BCUT2D eigenvalue weighted by Gasteiger charge is -2.16. The minimum Gasteiger partial charge on any atom is -0.376 e. The van der Waals surface area contributed by atoms with Crippen LogP contribution in [0.1, 0.15) is 30.0 Å². The number of carbonyl (C=O) groups excluding carboxylic acids is 1. The number of nitrogens with one attached hydrogen (secondary N) is 2. The molecule has 2 aromatic rings. The van der Waals surface area contributed by atoms with E-state index in [0.29, 0.717) is 6.54 Å². The van der Waals surface area contributed by atoms with E-state index < -0.39 is 0 Å². The highest BCUT2D eigenvalue weighted by molar-refractivity contribution is 5.81. The summed E-state index contributed by atoms with van der Waals surface area (Å²) < 4.78 is 0. The molecule has 0 heterocycles. The van der Waals surface area contributed by atoms with Gasteiger partial charge in [0.15, 0.2) is 0 Å². The maximum absolute atomic E-state index is 12.1. The topological polar surface area (TPSA) is 41.1 Å². The van der Waals surface area contributed by atoms with E-state index in [9.17, 15) is 4.79 Å². The monoisotopic (exact) mass is 310 g/mol. The average Bonchev–Trinajstić information content (AvgIpc) is 2.53. The first-order chi connectivity index (χ1) is 11.1. The van der Waals surface area contributed by atoms with Gasteiger partial charge >= 0.3 is 0 Å². The van der Waals surface area contributed by atoms with Crippen LogP contribution < -0.4 is 10.6 Å². The van der Waals surface area contributed by atoms with Crippen LogP contribution in [-0.4, -0.2) is 18.5 Å². The second kappa shape index (κ2) is 8.37. The maximum atomic E-state index is 12.1. The van der Waals surface area contributed by atoms with Crippen molar-refractivity contribution < 1.29 is 4.79 Å². The summed E-state index contributed by atoms with van der Waals surface area (Å²) in [5, 5.41) is 6.31. The Balaban J connectivity index is 1.76. The predicted octanol–water partition coefficient (Wildman–Crippen LogP) is 3.85. The lowest BCUT2D eigenvalue weighted by molar-refractivity contribution is -0.120. The minimum atomic E-state index is 0.0354. The molecule has 3 heteroatoms. The van der Waals surface area contributed by atoms with Crippen LogP contribution in [0.15, 0.2) is 48.5 Å². The standard InChI is InChI=1S/C20H26N2O/c1-15-8-7-9-16(2)20(15)21-14-19(23)22-17(3)12-13-18-10-5-4-6-11-18/h4-11,17,21H,12-14H2,1-3H3,(H,22,23). The van der Waals surface area contributed by atoms with Gasteiger partial charge in [-0.25, -0.2) is 0 Å². The molecular formula is C20H26N2O. The van der Waals surface area contributed by atoms with Gasteiger partial charge in [-0.3, -0.25) is 4.79 Å². The van der Waals surface area contributed by atoms with Gasteiger partial charge in [0.1, 0.15) is 0 Å². The molecule has 1 unspecified atom stereocenters. The third kappa shape index (κ3) is 5.44. The van der Waals surface area contributed by atoms with Gasteiger partial charge in [0.25, 0.3) is 0 Å². The van der Waals surface area contributed by atoms with Gasteiger partial charge in [-0.1, -0.05) is 48.5 Å². The van der Waals surface area contributed by atoms with Crippen LogP contribution in [0.5, 0.6) is 0 Å². The lowest BCUT2D eigenvalue weighted by atomic mass is 10.1. The van der Waals surface area contributed by atoms with Crippen LogP contribution in [0.25, 0.3) is 0 Å². The number of para-hydroxylation sites is 1. The molecule has 23 heavy (non-hydrogen) atoms. The fourth-order valence-corrected chi connectivity index (χ4v) is 2.69. The van der Waals surface area contributed by atoms with Gasteiger partial charge in [0, 0.05) is 11.7 Å². The van der Waals surface area contributed by atoms with E-state index in [-0.39, 0.29) is 11.9 Å². The molecule has 0 radical (unpaired) electrons. The Morgan fingerprint density at radius 3 is 2.30 bits per heavy atom. The predicted molar refractivity (Wildman–Crippen MR) is 96.8 cm³/mol. The molecule has 0 spiro atoms. The Hall–Kier alpha value is -2.29. The molecular weight excluding hydrogens is 284 g/mol. The summed E-state index contributed by atoms with van der Waals surface area (Å²) in [7, 11) is 0. The van der Waals surface area contributed by atoms with E-state index in [1.807, 2.05) is 24.3 Å². The second-order valence-corrected chi connectivity index (χ2v) is 6.11. The quantitative estimate of drug-likeness (QED) is 0.815. The van der Waals surface area contributed by atoms with Crippen molar-refractivity contribution in [3.63, 3.8) is 0 Å². The highest BCUT2D eigenvalue weighted by Gasteiger charge is 2.09. The largest absolute Gasteiger partial charge is 0.376 e. The molecule has 3 nitrogen and oxygen atoms in total. The molecule has 0 saturated carbocycles. The molecule has 0 aliphatic heterocycles. The van der Waals surface area contributed by atoms with Gasteiger partial charge in [-0.15, -0.1) is 0 Å². The zero-order valence-corrected chi connectivity index (χ0v) is 14.2. The number of aryl methyl sites for hydroxylation is 3. The molecule has 2 rings (SSSR count). The first kappa shape index (κ1) is 17.1. The van der Waals surface area contributed by atoms with Crippen molar-refractivity contribution >= 4 is 11.6 Å². The van der Waals surface area contributed by atoms with Crippen molar-refractivity contribution in [3.05, 3.63) is 65.2 Å². The third-order valence-electron chi connectivity index (χ3n) is 4.02. The van der Waals surface area contributed by atoms with E-state index >= 15 is 0 Å². The van der Waals surface area contributed by atoms with Crippen molar-refractivity contribution in [2.45, 2.75) is 39.7 Å². The zero-order chi connectivity index (χ0) is 16.7. The fraction of sp³-hybridized carbons (Fsp3) is 0.350. The summed E-state index contributed by atoms with van der Waals surface area (Å²) >= 11 is 0. The lowest BCUT2D eigenvalue weighted by Crippen LogP contribution is -2.37. The third-order valence-corrected chi connectivity index (χ3v) is 4.02. The molecule has 0 saturated heterocycles. The van der Waals surface area contributed by atoms with Crippen LogP contribution in [-0.2, 0) is 11.2 Å². The van der Waals surface area contributed by atoms with E-state index in [0.717, 1.165) is 29.7 Å². The van der Waals surface area contributed by atoms with E-state index in [4.69, 9.17) is 0 Å². The van der Waals surface area contributed by atoms with Gasteiger partial charge in [-0.2, -0.15) is 0 Å². The van der Waals surface area contributed by atoms with Gasteiger partial charge < -0.3 is 10.6 Å². The summed E-state index contributed by atoms with van der Waals surface area (Å²) in [5.74, 6) is 0.0354. The Labute approximate surface area is 139 Å². The maximum Gasteiger partial charge on any atom is 0.239 e. The Bertz CT molecular complexity index is 617. The fourth-order valence-electron chi connectivity index (χ4n) is 2.69. The number of benzene rings is 2. The average molecular weight is 310 g/mol. The molecule has 2 aromatic carbocycles. The summed E-state index contributed by atoms with van der Waals surface area (Å²) in [4.78, 5) is 12.1. The number of carbonyl (C=O) groups is 1. The molecule has 2 N–H and O–H groups in total. The Kier molecular flexibility index (Phi) is 6.21. The highest BCUT2D eigenvalue weighted by Crippen LogP contribution is 2.18. The van der Waals surface area contributed by atoms with Crippen molar-refractivity contribution in [3.8, 4) is 0 Å². The second-order valence-electron chi connectivity index (χ2n) is 6.11. The summed E-state index contributed by atoms with van der Waals surface area (Å²) in [5.41, 5.74) is 4.69. The van der Waals surface area contributed by atoms with Crippen LogP contribution in [0, 0.1) is 13.8 Å². The number of anilines is 1. The first-order valence-electron chi connectivity index (χ1n) is 8.19. The molecule has 0 aliphatic rings. The smallest absolute Gasteiger partial charge is 0.239 e. The SMILES string of the molecule is Cc1cccc(C)c1NCC(=O)NC(C)CCc1ccccc1. The molecule has 1 amide bonds. The summed E-state index contributed by atoms with van der Waals surface area (Å²) in [6.45, 7) is 6.46. The highest BCUT2D eigenvalue weighted by atomic mass is 16.1.